The van der Waals surface area contributed by atoms with Crippen molar-refractivity contribution in [3.63, 3.8) is 0 Å². The fourth-order valence-electron chi connectivity index (χ4n) is 4.42. The van der Waals surface area contributed by atoms with Crippen LogP contribution in [0.15, 0.2) is 30.3 Å². The summed E-state index contributed by atoms with van der Waals surface area (Å²) < 4.78 is 5.30. The Labute approximate surface area is 176 Å². The summed E-state index contributed by atoms with van der Waals surface area (Å²) in [6.07, 6.45) is 2.31. The Kier molecular flexibility index (Phi) is 6.01. The van der Waals surface area contributed by atoms with Crippen LogP contribution in [0.3, 0.4) is 0 Å². The zero-order chi connectivity index (χ0) is 20.4. The van der Waals surface area contributed by atoms with E-state index in [-0.39, 0.29) is 5.91 Å². The second-order valence-corrected chi connectivity index (χ2v) is 9.40. The predicted molar refractivity (Wildman–Crippen MR) is 120 cm³/mol. The molecule has 1 aromatic carbocycles. The highest BCUT2D eigenvalue weighted by Crippen LogP contribution is 2.29. The van der Waals surface area contributed by atoms with Crippen molar-refractivity contribution < 1.29 is 9.53 Å². The van der Waals surface area contributed by atoms with Gasteiger partial charge in [0.25, 0.3) is 5.91 Å². The van der Waals surface area contributed by atoms with Gasteiger partial charge < -0.3 is 15.0 Å². The van der Waals surface area contributed by atoms with Crippen molar-refractivity contribution in [1.82, 2.24) is 15.2 Å². The molecule has 3 aromatic rings. The maximum Gasteiger partial charge on any atom is 0.261 e. The van der Waals surface area contributed by atoms with Crippen LogP contribution in [0.1, 0.15) is 36.4 Å². The van der Waals surface area contributed by atoms with Crippen molar-refractivity contribution >= 4 is 38.4 Å². The van der Waals surface area contributed by atoms with Crippen LogP contribution >= 0.6 is 11.3 Å². The van der Waals surface area contributed by atoms with E-state index in [2.05, 4.69) is 30.1 Å². The number of carbonyl (C=O) groups excluding carboxylic acids is 1. The van der Waals surface area contributed by atoms with E-state index in [4.69, 9.17) is 9.72 Å². The molecule has 0 spiro atoms. The zero-order valence-electron chi connectivity index (χ0n) is 17.4. The number of rotatable bonds is 6. The first-order valence-electron chi connectivity index (χ1n) is 10.4. The van der Waals surface area contributed by atoms with E-state index in [1.165, 1.54) is 30.8 Å². The minimum atomic E-state index is -0.00461. The van der Waals surface area contributed by atoms with E-state index in [0.717, 1.165) is 56.5 Å². The molecule has 154 valence electrons. The van der Waals surface area contributed by atoms with Crippen LogP contribution in [0.25, 0.3) is 21.1 Å². The molecule has 1 N–H and O–H groups in total. The minimum absolute atomic E-state index is 0.00461. The molecular weight excluding hydrogens is 382 g/mol. The summed E-state index contributed by atoms with van der Waals surface area (Å²) in [5.41, 5.74) is 0.914. The van der Waals surface area contributed by atoms with Gasteiger partial charge in [-0.05, 0) is 61.6 Å². The number of likely N-dealkylation sites (tertiary alicyclic amines) is 1. The minimum Gasteiger partial charge on any atom is -0.497 e. The fraction of sp³-hybridized carbons (Fsp3) is 0.478. The first-order valence-corrected chi connectivity index (χ1v) is 11.2. The van der Waals surface area contributed by atoms with Crippen molar-refractivity contribution in [2.45, 2.75) is 26.7 Å². The monoisotopic (exact) mass is 411 g/mol. The molecule has 3 heterocycles. The number of nitrogens with zero attached hydrogens (tertiary/aromatic N) is 2. The molecule has 5 nitrogen and oxygen atoms in total. The summed E-state index contributed by atoms with van der Waals surface area (Å²) >= 11 is 1.45. The molecule has 29 heavy (non-hydrogen) atoms. The molecule has 0 aliphatic carbocycles. The van der Waals surface area contributed by atoms with Gasteiger partial charge >= 0.3 is 0 Å². The number of piperidine rings is 1. The number of hydrogen-bond acceptors (Lipinski definition) is 5. The normalized spacial score (nSPS) is 20.2. The van der Waals surface area contributed by atoms with E-state index in [1.54, 1.807) is 7.11 Å². The molecule has 1 amide bonds. The Balaban J connectivity index is 1.36. The third kappa shape index (κ3) is 4.70. The van der Waals surface area contributed by atoms with Crippen LogP contribution in [-0.4, -0.2) is 49.1 Å². The van der Waals surface area contributed by atoms with E-state index in [1.807, 2.05) is 24.3 Å². The Morgan fingerprint density at radius 1 is 1.21 bits per heavy atom. The molecule has 0 saturated carbocycles. The van der Waals surface area contributed by atoms with Crippen molar-refractivity contribution in [2.24, 2.45) is 11.8 Å². The van der Waals surface area contributed by atoms with Gasteiger partial charge in [-0.1, -0.05) is 13.8 Å². The molecule has 1 aliphatic heterocycles. The van der Waals surface area contributed by atoms with Crippen LogP contribution < -0.4 is 10.1 Å². The van der Waals surface area contributed by atoms with Gasteiger partial charge in [0.2, 0.25) is 0 Å². The van der Waals surface area contributed by atoms with Gasteiger partial charge in [0.15, 0.2) is 0 Å². The van der Waals surface area contributed by atoms with Crippen LogP contribution in [0.2, 0.25) is 0 Å². The maximum absolute atomic E-state index is 12.6. The van der Waals surface area contributed by atoms with Gasteiger partial charge in [-0.3, -0.25) is 4.79 Å². The number of fused-ring (bicyclic) bond motifs is 2. The van der Waals surface area contributed by atoms with E-state index in [0.29, 0.717) is 6.54 Å². The molecule has 0 unspecified atom stereocenters. The van der Waals surface area contributed by atoms with Crippen LogP contribution in [0.5, 0.6) is 5.75 Å². The number of benzene rings is 1. The molecular formula is C23H29N3O2S. The van der Waals surface area contributed by atoms with Gasteiger partial charge in [-0.2, -0.15) is 0 Å². The second kappa shape index (κ2) is 8.67. The van der Waals surface area contributed by atoms with Gasteiger partial charge in [0, 0.05) is 30.4 Å². The molecule has 2 aromatic heterocycles. The van der Waals surface area contributed by atoms with Gasteiger partial charge in [0.05, 0.1) is 17.5 Å². The Morgan fingerprint density at radius 2 is 2.00 bits per heavy atom. The van der Waals surface area contributed by atoms with Crippen molar-refractivity contribution in [3.05, 3.63) is 35.2 Å². The quantitative estimate of drug-likeness (QED) is 0.605. The molecule has 4 rings (SSSR count). The lowest BCUT2D eigenvalue weighted by atomic mass is 9.92. The highest BCUT2D eigenvalue weighted by atomic mass is 32.1. The number of nitrogens with one attached hydrogen (secondary N) is 1. The standard InChI is InChI=1S/C23H29N3O2S/c1-15-9-16(2)14-26(13-15)8-4-7-24-22(27)21-12-18-10-17-11-19(28-3)5-6-20(17)25-23(18)29-21/h5-6,10-12,15-16H,4,7-9,13-14H2,1-3H3,(H,24,27)/t15-,16-/m0/s1. The zero-order valence-corrected chi connectivity index (χ0v) is 18.2. The van der Waals surface area contributed by atoms with Crippen LogP contribution in [0.4, 0.5) is 0 Å². The first kappa shape index (κ1) is 20.1. The smallest absolute Gasteiger partial charge is 0.261 e. The molecule has 1 saturated heterocycles. The SMILES string of the molecule is COc1ccc2nc3sc(C(=O)NCCCN4C[C@@H](C)C[C@H](C)C4)cc3cc2c1. The number of carbonyl (C=O) groups is 1. The van der Waals surface area contributed by atoms with Crippen molar-refractivity contribution in [3.8, 4) is 5.75 Å². The van der Waals surface area contributed by atoms with E-state index in [9.17, 15) is 4.79 Å². The lowest BCUT2D eigenvalue weighted by molar-refractivity contribution is 0.0951. The second-order valence-electron chi connectivity index (χ2n) is 8.37. The average Bonchev–Trinajstić information content (AvgIpc) is 3.11. The lowest BCUT2D eigenvalue weighted by Gasteiger charge is -2.34. The number of ether oxygens (including phenoxy) is 1. The number of methoxy groups -OCH3 is 1. The summed E-state index contributed by atoms with van der Waals surface area (Å²) in [5.74, 6) is 2.35. The Morgan fingerprint density at radius 3 is 2.76 bits per heavy atom. The van der Waals surface area contributed by atoms with Crippen LogP contribution in [-0.2, 0) is 0 Å². The highest BCUT2D eigenvalue weighted by molar-refractivity contribution is 7.20. The topological polar surface area (TPSA) is 54.5 Å². The van der Waals surface area contributed by atoms with Gasteiger partial charge in [-0.15, -0.1) is 11.3 Å². The van der Waals surface area contributed by atoms with Crippen molar-refractivity contribution in [2.75, 3.05) is 33.3 Å². The predicted octanol–water partition coefficient (Wildman–Crippen LogP) is 4.56. The largest absolute Gasteiger partial charge is 0.497 e. The lowest BCUT2D eigenvalue weighted by Crippen LogP contribution is -2.40. The average molecular weight is 412 g/mol. The fourth-order valence-corrected chi connectivity index (χ4v) is 5.36. The summed E-state index contributed by atoms with van der Waals surface area (Å²) in [6, 6.07) is 9.85. The number of thiophene rings is 1. The maximum atomic E-state index is 12.6. The first-order chi connectivity index (χ1) is 14.0. The Hall–Kier alpha value is -2.18. The number of aromatic nitrogens is 1. The highest BCUT2D eigenvalue weighted by Gasteiger charge is 2.21. The van der Waals surface area contributed by atoms with Crippen LogP contribution in [0, 0.1) is 11.8 Å². The molecule has 0 bridgehead atoms. The van der Waals surface area contributed by atoms with E-state index < -0.39 is 0 Å². The molecule has 1 aliphatic rings. The Bertz CT molecular complexity index is 1010. The summed E-state index contributed by atoms with van der Waals surface area (Å²) in [4.78, 5) is 21.5. The number of pyridine rings is 1. The molecule has 6 heteroatoms. The third-order valence-electron chi connectivity index (χ3n) is 5.61. The van der Waals surface area contributed by atoms with Gasteiger partial charge in [0.1, 0.15) is 10.6 Å². The van der Waals surface area contributed by atoms with Crippen molar-refractivity contribution in [1.29, 1.82) is 0 Å². The molecule has 2 atom stereocenters. The number of hydrogen-bond donors (Lipinski definition) is 1. The van der Waals surface area contributed by atoms with Gasteiger partial charge in [-0.25, -0.2) is 4.98 Å². The number of amides is 1. The summed E-state index contributed by atoms with van der Waals surface area (Å²) in [7, 11) is 1.66. The third-order valence-corrected chi connectivity index (χ3v) is 6.66. The molecule has 1 fully saturated rings. The summed E-state index contributed by atoms with van der Waals surface area (Å²) in [6.45, 7) is 8.78. The molecule has 0 radical (unpaired) electrons. The summed E-state index contributed by atoms with van der Waals surface area (Å²) in [5, 5.41) is 5.10. The van der Waals surface area contributed by atoms with E-state index >= 15 is 0 Å².